The van der Waals surface area contributed by atoms with E-state index in [1.807, 2.05) is 24.3 Å². The van der Waals surface area contributed by atoms with Crippen molar-refractivity contribution in [2.24, 2.45) is 0 Å². The Balaban J connectivity index is 1.57. The molecule has 0 radical (unpaired) electrons. The van der Waals surface area contributed by atoms with Crippen LogP contribution in [-0.2, 0) is 13.0 Å². The summed E-state index contributed by atoms with van der Waals surface area (Å²) in [5, 5.41) is 0. The van der Waals surface area contributed by atoms with Crippen LogP contribution >= 0.6 is 24.0 Å². The lowest BCUT2D eigenvalue weighted by Gasteiger charge is -2.36. The molecule has 0 saturated carbocycles. The van der Waals surface area contributed by atoms with Gasteiger partial charge in [-0.25, -0.2) is 0 Å². The predicted molar refractivity (Wildman–Crippen MR) is 104 cm³/mol. The van der Waals surface area contributed by atoms with Crippen molar-refractivity contribution in [3.63, 3.8) is 0 Å². The van der Waals surface area contributed by atoms with Gasteiger partial charge >= 0.3 is 0 Å². The van der Waals surface area contributed by atoms with Crippen LogP contribution in [0.2, 0.25) is 0 Å². The number of rotatable bonds is 7. The SMILES string of the molecule is COc1ccc(CCN2CSC(=S)N(Cc3ccco3)C2)cc1OC. The Morgan fingerprint density at radius 3 is 2.76 bits per heavy atom. The first-order valence-corrected chi connectivity index (χ1v) is 9.46. The maximum absolute atomic E-state index is 5.48. The number of benzene rings is 1. The number of furan rings is 1. The Hall–Kier alpha value is -1.70. The molecule has 7 heteroatoms. The molecular formula is C18H22N2O3S2. The smallest absolute Gasteiger partial charge is 0.160 e. The third-order valence-electron chi connectivity index (χ3n) is 4.09. The van der Waals surface area contributed by atoms with Gasteiger partial charge in [0.15, 0.2) is 11.5 Å². The highest BCUT2D eigenvalue weighted by atomic mass is 32.2. The first-order chi connectivity index (χ1) is 12.2. The van der Waals surface area contributed by atoms with Crippen molar-refractivity contribution in [3.8, 4) is 11.5 Å². The molecule has 0 bridgehead atoms. The van der Waals surface area contributed by atoms with Crippen LogP contribution in [0.25, 0.3) is 0 Å². The zero-order chi connectivity index (χ0) is 17.6. The Labute approximate surface area is 157 Å². The maximum Gasteiger partial charge on any atom is 0.160 e. The highest BCUT2D eigenvalue weighted by molar-refractivity contribution is 8.22. The molecule has 2 aromatic rings. The van der Waals surface area contributed by atoms with Crippen LogP contribution in [-0.4, -0.2) is 47.4 Å². The highest BCUT2D eigenvalue weighted by Gasteiger charge is 2.22. The van der Waals surface area contributed by atoms with E-state index in [4.69, 9.17) is 26.1 Å². The number of methoxy groups -OCH3 is 2. The van der Waals surface area contributed by atoms with Crippen molar-refractivity contribution in [1.82, 2.24) is 9.80 Å². The average molecular weight is 379 g/mol. The Morgan fingerprint density at radius 1 is 1.20 bits per heavy atom. The Kier molecular flexibility index (Phi) is 6.23. The van der Waals surface area contributed by atoms with Crippen molar-refractivity contribution in [2.75, 3.05) is 33.3 Å². The molecule has 0 atom stereocenters. The van der Waals surface area contributed by atoms with E-state index < -0.39 is 0 Å². The third-order valence-corrected chi connectivity index (χ3v) is 5.70. The molecule has 1 saturated heterocycles. The van der Waals surface area contributed by atoms with Gasteiger partial charge in [-0.1, -0.05) is 30.0 Å². The molecular weight excluding hydrogens is 356 g/mol. The monoisotopic (exact) mass is 378 g/mol. The van der Waals surface area contributed by atoms with E-state index in [0.717, 1.165) is 47.1 Å². The molecule has 1 aromatic carbocycles. The second kappa shape index (κ2) is 8.60. The van der Waals surface area contributed by atoms with Gasteiger partial charge in [0, 0.05) is 6.54 Å². The fourth-order valence-electron chi connectivity index (χ4n) is 2.74. The summed E-state index contributed by atoms with van der Waals surface area (Å²) in [4.78, 5) is 4.57. The highest BCUT2D eigenvalue weighted by Crippen LogP contribution is 2.28. The second-order valence-electron chi connectivity index (χ2n) is 5.79. The van der Waals surface area contributed by atoms with Gasteiger partial charge < -0.3 is 18.8 Å². The first kappa shape index (κ1) is 18.1. The molecule has 1 aromatic heterocycles. The summed E-state index contributed by atoms with van der Waals surface area (Å²) in [5.74, 6) is 3.38. The van der Waals surface area contributed by atoms with Crippen molar-refractivity contribution in [3.05, 3.63) is 47.9 Å². The molecule has 2 heterocycles. The number of hydrogen-bond acceptors (Lipinski definition) is 6. The Morgan fingerprint density at radius 2 is 2.04 bits per heavy atom. The van der Waals surface area contributed by atoms with E-state index in [1.165, 1.54) is 5.56 Å². The van der Waals surface area contributed by atoms with E-state index >= 15 is 0 Å². The summed E-state index contributed by atoms with van der Waals surface area (Å²) < 4.78 is 17.0. The van der Waals surface area contributed by atoms with Gasteiger partial charge in [-0.15, -0.1) is 0 Å². The lowest BCUT2D eigenvalue weighted by atomic mass is 10.1. The van der Waals surface area contributed by atoms with Crippen molar-refractivity contribution in [2.45, 2.75) is 13.0 Å². The summed E-state index contributed by atoms with van der Waals surface area (Å²) in [6, 6.07) is 9.97. The van der Waals surface area contributed by atoms with Crippen molar-refractivity contribution in [1.29, 1.82) is 0 Å². The van der Waals surface area contributed by atoms with E-state index in [1.54, 1.807) is 32.2 Å². The fraction of sp³-hybridized carbons (Fsp3) is 0.389. The van der Waals surface area contributed by atoms with Gasteiger partial charge in [0.1, 0.15) is 10.1 Å². The normalized spacial score (nSPS) is 15.4. The van der Waals surface area contributed by atoms with Gasteiger partial charge in [-0.2, -0.15) is 0 Å². The predicted octanol–water partition coefficient (Wildman–Crippen LogP) is 3.59. The van der Waals surface area contributed by atoms with E-state index in [-0.39, 0.29) is 0 Å². The second-order valence-corrected chi connectivity index (χ2v) is 7.37. The number of thiocarbonyl (C=S) groups is 1. The number of ether oxygens (including phenoxy) is 2. The minimum Gasteiger partial charge on any atom is -0.493 e. The van der Waals surface area contributed by atoms with Crippen LogP contribution in [0.1, 0.15) is 11.3 Å². The number of thioether (sulfide) groups is 1. The molecule has 25 heavy (non-hydrogen) atoms. The molecule has 1 aliphatic heterocycles. The maximum atomic E-state index is 5.48. The topological polar surface area (TPSA) is 38.1 Å². The van der Waals surface area contributed by atoms with Crippen LogP contribution in [0.15, 0.2) is 41.0 Å². The molecule has 1 aliphatic rings. The van der Waals surface area contributed by atoms with Gasteiger partial charge in [-0.3, -0.25) is 4.90 Å². The molecule has 0 N–H and O–H groups in total. The van der Waals surface area contributed by atoms with Crippen LogP contribution in [0.5, 0.6) is 11.5 Å². The zero-order valence-corrected chi connectivity index (χ0v) is 16.1. The standard InChI is InChI=1S/C18H22N2O3S2/c1-21-16-6-5-14(10-17(16)22-2)7-8-19-12-20(18(24)25-13-19)11-15-4-3-9-23-15/h3-6,9-10H,7-8,11-13H2,1-2H3. The molecule has 0 spiro atoms. The zero-order valence-electron chi connectivity index (χ0n) is 14.4. The quantitative estimate of drug-likeness (QED) is 0.682. The molecule has 1 fully saturated rings. The number of nitrogens with zero attached hydrogens (tertiary/aromatic N) is 2. The van der Waals surface area contributed by atoms with Gasteiger partial charge in [-0.05, 0) is 36.2 Å². The molecule has 0 amide bonds. The molecule has 3 rings (SSSR count). The van der Waals surface area contributed by atoms with Crippen molar-refractivity contribution >= 4 is 28.3 Å². The summed E-state index contributed by atoms with van der Waals surface area (Å²) >= 11 is 7.18. The number of hydrogen-bond donors (Lipinski definition) is 0. The van der Waals surface area contributed by atoms with Gasteiger partial charge in [0.2, 0.25) is 0 Å². The van der Waals surface area contributed by atoms with E-state index in [2.05, 4.69) is 15.9 Å². The molecule has 0 unspecified atom stereocenters. The fourth-order valence-corrected chi connectivity index (χ4v) is 3.83. The van der Waals surface area contributed by atoms with Crippen molar-refractivity contribution < 1.29 is 13.9 Å². The third kappa shape index (κ3) is 4.68. The summed E-state index contributed by atoms with van der Waals surface area (Å²) in [5.41, 5.74) is 1.23. The molecule has 134 valence electrons. The first-order valence-electron chi connectivity index (χ1n) is 8.07. The van der Waals surface area contributed by atoms with Gasteiger partial charge in [0.25, 0.3) is 0 Å². The average Bonchev–Trinajstić information content (AvgIpc) is 3.15. The minimum atomic E-state index is 0.714. The largest absolute Gasteiger partial charge is 0.493 e. The van der Waals surface area contributed by atoms with E-state index in [9.17, 15) is 0 Å². The van der Waals surface area contributed by atoms with Crippen LogP contribution < -0.4 is 9.47 Å². The lowest BCUT2D eigenvalue weighted by molar-refractivity contribution is 0.201. The van der Waals surface area contributed by atoms with Gasteiger partial charge in [0.05, 0.1) is 39.6 Å². The van der Waals surface area contributed by atoms with Crippen LogP contribution in [0.3, 0.4) is 0 Å². The van der Waals surface area contributed by atoms with Crippen LogP contribution in [0.4, 0.5) is 0 Å². The molecule has 0 aliphatic carbocycles. The summed E-state index contributed by atoms with van der Waals surface area (Å²) in [6.45, 7) is 2.49. The van der Waals surface area contributed by atoms with Crippen LogP contribution in [0, 0.1) is 0 Å². The lowest BCUT2D eigenvalue weighted by Crippen LogP contribution is -2.44. The Bertz CT molecular complexity index is 706. The van der Waals surface area contributed by atoms with E-state index in [0.29, 0.717) is 6.54 Å². The summed E-state index contributed by atoms with van der Waals surface area (Å²) in [6.07, 6.45) is 2.65. The molecule has 5 nitrogen and oxygen atoms in total. The minimum absolute atomic E-state index is 0.714. The summed E-state index contributed by atoms with van der Waals surface area (Å²) in [7, 11) is 3.31.